The zero-order chi connectivity index (χ0) is 24.9. The summed E-state index contributed by atoms with van der Waals surface area (Å²) in [5.41, 5.74) is 1.68. The van der Waals surface area contributed by atoms with E-state index in [9.17, 15) is 10.2 Å². The summed E-state index contributed by atoms with van der Waals surface area (Å²) in [5.74, 6) is 1.38. The normalized spacial score (nSPS) is 13.2. The molecule has 2 aromatic rings. The number of ether oxygens (including phenoxy) is 2. The molecule has 0 saturated heterocycles. The molecule has 0 aliphatic carbocycles. The van der Waals surface area contributed by atoms with Crippen LogP contribution < -0.4 is 9.47 Å². The fourth-order valence-electron chi connectivity index (χ4n) is 3.74. The first-order valence-corrected chi connectivity index (χ1v) is 11.3. The highest BCUT2D eigenvalue weighted by atomic mass is 16.5. The van der Waals surface area contributed by atoms with Crippen molar-refractivity contribution in [1.29, 1.82) is 0 Å². The van der Waals surface area contributed by atoms with Crippen molar-refractivity contribution < 1.29 is 19.7 Å². The molecule has 0 bridgehead atoms. The van der Waals surface area contributed by atoms with Crippen LogP contribution in [-0.2, 0) is 10.8 Å². The van der Waals surface area contributed by atoms with E-state index in [1.165, 1.54) is 0 Å². The number of hydrogen-bond donors (Lipinski definition) is 2. The van der Waals surface area contributed by atoms with Gasteiger partial charge in [-0.25, -0.2) is 0 Å². The predicted molar refractivity (Wildman–Crippen MR) is 133 cm³/mol. The fourth-order valence-corrected chi connectivity index (χ4v) is 3.74. The molecule has 0 spiro atoms. The van der Waals surface area contributed by atoms with Crippen molar-refractivity contribution in [3.63, 3.8) is 0 Å². The highest BCUT2D eigenvalue weighted by Crippen LogP contribution is 2.50. The van der Waals surface area contributed by atoms with Crippen molar-refractivity contribution in [3.05, 3.63) is 35.4 Å². The third-order valence-electron chi connectivity index (χ3n) is 4.90. The van der Waals surface area contributed by atoms with E-state index in [-0.39, 0.29) is 22.3 Å². The number of hydrogen-bond acceptors (Lipinski definition) is 4. The molecule has 0 saturated carbocycles. The Labute approximate surface area is 194 Å². The molecule has 2 rings (SSSR count). The molecule has 0 amide bonds. The molecule has 0 aromatic heterocycles. The molecular weight excluding hydrogens is 400 g/mol. The maximum atomic E-state index is 11.2. The van der Waals surface area contributed by atoms with Crippen LogP contribution in [0, 0.1) is 0 Å². The first-order valence-electron chi connectivity index (χ1n) is 11.3. The highest BCUT2D eigenvalue weighted by molar-refractivity contribution is 5.84. The van der Waals surface area contributed by atoms with E-state index in [2.05, 4.69) is 41.5 Å². The Bertz CT molecular complexity index is 893. The minimum atomic E-state index is -0.395. The van der Waals surface area contributed by atoms with E-state index < -0.39 is 11.2 Å². The molecule has 0 radical (unpaired) electrons. The third kappa shape index (κ3) is 6.34. The second-order valence-corrected chi connectivity index (χ2v) is 12.7. The van der Waals surface area contributed by atoms with Gasteiger partial charge in [0.15, 0.2) is 0 Å². The largest absolute Gasteiger partial charge is 0.507 e. The van der Waals surface area contributed by atoms with Gasteiger partial charge >= 0.3 is 0 Å². The maximum absolute atomic E-state index is 11.2. The Kier molecular flexibility index (Phi) is 6.64. The summed E-state index contributed by atoms with van der Waals surface area (Å²) < 4.78 is 12.1. The average molecular weight is 443 g/mol. The van der Waals surface area contributed by atoms with E-state index in [0.29, 0.717) is 22.6 Å². The van der Waals surface area contributed by atoms with E-state index in [4.69, 9.17) is 9.47 Å². The second kappa shape index (κ2) is 8.20. The molecule has 0 atom stereocenters. The molecule has 0 aliphatic rings. The molecule has 0 fully saturated rings. The van der Waals surface area contributed by atoms with Gasteiger partial charge in [0.1, 0.15) is 34.2 Å². The van der Waals surface area contributed by atoms with Gasteiger partial charge in [0, 0.05) is 23.3 Å². The van der Waals surface area contributed by atoms with Crippen molar-refractivity contribution in [3.8, 4) is 34.1 Å². The lowest BCUT2D eigenvalue weighted by Gasteiger charge is -2.31. The summed E-state index contributed by atoms with van der Waals surface area (Å²) in [4.78, 5) is 0. The summed E-state index contributed by atoms with van der Waals surface area (Å²) >= 11 is 0. The van der Waals surface area contributed by atoms with Crippen LogP contribution >= 0.6 is 0 Å². The molecule has 0 aliphatic heterocycles. The van der Waals surface area contributed by atoms with Gasteiger partial charge in [0.2, 0.25) is 0 Å². The van der Waals surface area contributed by atoms with Crippen LogP contribution in [0.25, 0.3) is 11.1 Å². The van der Waals surface area contributed by atoms with Gasteiger partial charge in [-0.3, -0.25) is 0 Å². The van der Waals surface area contributed by atoms with Crippen LogP contribution in [0.15, 0.2) is 24.3 Å². The molecule has 4 heteroatoms. The summed E-state index contributed by atoms with van der Waals surface area (Å²) in [6, 6.07) is 7.24. The first-order chi connectivity index (χ1) is 14.2. The summed E-state index contributed by atoms with van der Waals surface area (Å²) in [6.45, 7) is 24.4. The Morgan fingerprint density at radius 1 is 0.500 bits per heavy atom. The van der Waals surface area contributed by atoms with E-state index in [0.717, 1.165) is 11.1 Å². The van der Waals surface area contributed by atoms with Crippen molar-refractivity contribution in [2.24, 2.45) is 0 Å². The van der Waals surface area contributed by atoms with Gasteiger partial charge in [0.05, 0.1) is 0 Å². The Morgan fingerprint density at radius 3 is 1.00 bits per heavy atom. The summed E-state index contributed by atoms with van der Waals surface area (Å²) in [7, 11) is 0. The second-order valence-electron chi connectivity index (χ2n) is 12.7. The van der Waals surface area contributed by atoms with Crippen LogP contribution in [0.3, 0.4) is 0 Å². The van der Waals surface area contributed by atoms with Crippen molar-refractivity contribution in [2.75, 3.05) is 0 Å². The number of aromatic hydroxyl groups is 2. The molecule has 0 heterocycles. The topological polar surface area (TPSA) is 58.9 Å². The van der Waals surface area contributed by atoms with E-state index in [1.807, 2.05) is 53.7 Å². The lowest BCUT2D eigenvalue weighted by atomic mass is 9.76. The minimum absolute atomic E-state index is 0.0852. The maximum Gasteiger partial charge on any atom is 0.127 e. The SMILES string of the molecule is CC(C)(C)Oc1cc(O)c(-c2c(O)cc(OC(C)(C)C)cc2C(C)(C)C)c(C(C)(C)C)c1. The van der Waals surface area contributed by atoms with Gasteiger partial charge in [-0.1, -0.05) is 41.5 Å². The molecule has 178 valence electrons. The lowest BCUT2D eigenvalue weighted by molar-refractivity contribution is 0.129. The van der Waals surface area contributed by atoms with Crippen molar-refractivity contribution in [2.45, 2.75) is 105 Å². The molecule has 2 aromatic carbocycles. The molecule has 2 N–H and O–H groups in total. The van der Waals surface area contributed by atoms with Gasteiger partial charge in [0.25, 0.3) is 0 Å². The fraction of sp³-hybridized carbons (Fsp3) is 0.571. The van der Waals surface area contributed by atoms with Crippen molar-refractivity contribution >= 4 is 0 Å². The average Bonchev–Trinajstić information content (AvgIpc) is 2.50. The van der Waals surface area contributed by atoms with Crippen LogP contribution in [-0.4, -0.2) is 21.4 Å². The minimum Gasteiger partial charge on any atom is -0.507 e. The smallest absolute Gasteiger partial charge is 0.127 e. The van der Waals surface area contributed by atoms with Gasteiger partial charge in [-0.05, 0) is 75.6 Å². The molecule has 0 unspecified atom stereocenters. The predicted octanol–water partition coefficient (Wildman–Crippen LogP) is 7.71. The van der Waals surface area contributed by atoms with Crippen LogP contribution in [0.2, 0.25) is 0 Å². The Morgan fingerprint density at radius 2 is 0.781 bits per heavy atom. The molecular formula is C28H42O4. The zero-order valence-corrected chi connectivity index (χ0v) is 22.0. The van der Waals surface area contributed by atoms with E-state index >= 15 is 0 Å². The Hall–Kier alpha value is -2.36. The van der Waals surface area contributed by atoms with Crippen molar-refractivity contribution in [1.82, 2.24) is 0 Å². The quantitative estimate of drug-likeness (QED) is 0.511. The number of rotatable bonds is 3. The van der Waals surface area contributed by atoms with Crippen LogP contribution in [0.5, 0.6) is 23.0 Å². The zero-order valence-electron chi connectivity index (χ0n) is 22.0. The molecule has 32 heavy (non-hydrogen) atoms. The van der Waals surface area contributed by atoms with E-state index in [1.54, 1.807) is 12.1 Å². The molecule has 4 nitrogen and oxygen atoms in total. The van der Waals surface area contributed by atoms with Crippen LogP contribution in [0.1, 0.15) is 94.2 Å². The highest BCUT2D eigenvalue weighted by Gasteiger charge is 2.31. The van der Waals surface area contributed by atoms with Gasteiger partial charge in [-0.2, -0.15) is 0 Å². The van der Waals surface area contributed by atoms with Crippen LogP contribution in [0.4, 0.5) is 0 Å². The summed E-state index contributed by atoms with van der Waals surface area (Å²) in [5, 5.41) is 22.5. The lowest BCUT2D eigenvalue weighted by Crippen LogP contribution is -2.24. The number of phenolic OH excluding ortho intramolecular Hbond substituents is 2. The Balaban J connectivity index is 2.89. The number of phenols is 2. The third-order valence-corrected chi connectivity index (χ3v) is 4.90. The number of benzene rings is 2. The first kappa shape index (κ1) is 25.9. The summed E-state index contributed by atoms with van der Waals surface area (Å²) in [6.07, 6.45) is 0. The van der Waals surface area contributed by atoms with Gasteiger partial charge in [-0.15, -0.1) is 0 Å². The monoisotopic (exact) mass is 442 g/mol. The standard InChI is InChI=1S/C28H42O4/c1-25(2,3)19-13-17(31-27(7,8)9)15-21(29)23(19)24-20(26(4,5)6)14-18(16-22(24)30)32-28(10,11)12/h13-16,29-30H,1-12H3. The van der Waals surface area contributed by atoms with Gasteiger partial charge < -0.3 is 19.7 Å².